The summed E-state index contributed by atoms with van der Waals surface area (Å²) in [5, 5.41) is 18.3. The van der Waals surface area contributed by atoms with Crippen LogP contribution in [0.2, 0.25) is 0 Å². The molecule has 1 spiro atoms. The molecule has 3 rings (SSSR count). The molecule has 4 amide bonds. The van der Waals surface area contributed by atoms with Crippen molar-refractivity contribution < 1.29 is 19.5 Å². The molecule has 0 bridgehead atoms. The number of β-amino-alcohol motifs (C(OH)–C–C–N with tert-alkyl or cyclic N) is 1. The maximum absolute atomic E-state index is 12.7. The first-order valence-corrected chi connectivity index (χ1v) is 9.25. The molecule has 0 aromatic heterocycles. The molecule has 3 fully saturated rings. The molecule has 25 heavy (non-hydrogen) atoms. The van der Waals surface area contributed by atoms with E-state index in [-0.39, 0.29) is 24.3 Å². The van der Waals surface area contributed by atoms with Crippen LogP contribution in [0.4, 0.5) is 4.79 Å². The van der Waals surface area contributed by atoms with E-state index < -0.39 is 17.7 Å². The predicted octanol–water partition coefficient (Wildman–Crippen LogP) is -0.426. The number of hydrogen-bond acceptors (Lipinski definition) is 5. The van der Waals surface area contributed by atoms with Crippen molar-refractivity contribution in [2.75, 3.05) is 26.2 Å². The zero-order chi connectivity index (χ0) is 18.0. The molecule has 2 unspecified atom stereocenters. The van der Waals surface area contributed by atoms with E-state index in [1.165, 1.54) is 0 Å². The Morgan fingerprint density at radius 1 is 1.32 bits per heavy atom. The average molecular weight is 352 g/mol. The fraction of sp³-hybridized carbons (Fsp3) is 0.824. The van der Waals surface area contributed by atoms with Crippen LogP contribution in [0.25, 0.3) is 0 Å². The number of nitrogens with one attached hydrogen (secondary N) is 3. The monoisotopic (exact) mass is 352 g/mol. The molecule has 2 atom stereocenters. The molecular formula is C17H28N4O4. The van der Waals surface area contributed by atoms with E-state index in [9.17, 15) is 19.5 Å². The van der Waals surface area contributed by atoms with Gasteiger partial charge in [-0.25, -0.2) is 4.79 Å². The highest BCUT2D eigenvalue weighted by molar-refractivity contribution is 6.09. The number of carbonyl (C=O) groups is 3. The summed E-state index contributed by atoms with van der Waals surface area (Å²) < 4.78 is 0. The number of urea groups is 1. The van der Waals surface area contributed by atoms with Gasteiger partial charge in [-0.05, 0) is 31.6 Å². The second-order valence-corrected chi connectivity index (χ2v) is 7.54. The third-order valence-corrected chi connectivity index (χ3v) is 5.95. The SMILES string of the molecule is CCC1CCC2(CC1)NC(=O)N(CC(=O)NCC1CNCC1O)C2=O. The standard InChI is InChI=1S/C17H28N4O4/c1-2-11-3-5-17(6-4-11)15(24)21(16(25)20-17)10-14(23)19-8-12-7-18-9-13(12)22/h11-13,18,22H,2-10H2,1H3,(H,19,23)(H,20,25). The minimum absolute atomic E-state index is 0.0391. The Balaban J connectivity index is 1.53. The second-order valence-electron chi connectivity index (χ2n) is 7.54. The van der Waals surface area contributed by atoms with Crippen LogP contribution in [0, 0.1) is 11.8 Å². The van der Waals surface area contributed by atoms with Gasteiger partial charge in [-0.1, -0.05) is 13.3 Å². The van der Waals surface area contributed by atoms with E-state index in [0.29, 0.717) is 38.4 Å². The van der Waals surface area contributed by atoms with Crippen molar-refractivity contribution >= 4 is 17.8 Å². The Kier molecular flexibility index (Phi) is 5.29. The zero-order valence-electron chi connectivity index (χ0n) is 14.7. The Labute approximate surface area is 147 Å². The molecule has 2 aliphatic heterocycles. The minimum Gasteiger partial charge on any atom is -0.391 e. The van der Waals surface area contributed by atoms with Gasteiger partial charge in [0.2, 0.25) is 5.91 Å². The van der Waals surface area contributed by atoms with Gasteiger partial charge in [0.25, 0.3) is 5.91 Å². The quantitative estimate of drug-likeness (QED) is 0.502. The van der Waals surface area contributed by atoms with E-state index in [4.69, 9.17) is 0 Å². The second kappa shape index (κ2) is 7.29. The number of carbonyl (C=O) groups excluding carboxylic acids is 3. The summed E-state index contributed by atoms with van der Waals surface area (Å²) in [5.74, 6) is -0.0755. The summed E-state index contributed by atoms with van der Waals surface area (Å²) in [7, 11) is 0. The molecule has 0 aromatic carbocycles. The van der Waals surface area contributed by atoms with Crippen LogP contribution in [0.15, 0.2) is 0 Å². The summed E-state index contributed by atoms with van der Waals surface area (Å²) >= 11 is 0. The van der Waals surface area contributed by atoms with Crippen molar-refractivity contribution in [3.63, 3.8) is 0 Å². The number of imide groups is 1. The van der Waals surface area contributed by atoms with Gasteiger partial charge in [0, 0.05) is 25.6 Å². The lowest BCUT2D eigenvalue weighted by atomic mass is 9.75. The molecule has 8 nitrogen and oxygen atoms in total. The van der Waals surface area contributed by atoms with Crippen LogP contribution in [0.5, 0.6) is 0 Å². The first-order chi connectivity index (χ1) is 11.9. The van der Waals surface area contributed by atoms with Crippen molar-refractivity contribution in [3.05, 3.63) is 0 Å². The van der Waals surface area contributed by atoms with Gasteiger partial charge in [-0.2, -0.15) is 0 Å². The maximum atomic E-state index is 12.7. The minimum atomic E-state index is -0.811. The van der Waals surface area contributed by atoms with Gasteiger partial charge in [0.15, 0.2) is 0 Å². The normalized spacial score (nSPS) is 35.3. The first-order valence-electron chi connectivity index (χ1n) is 9.25. The molecule has 2 heterocycles. The lowest BCUT2D eigenvalue weighted by Gasteiger charge is -2.34. The molecule has 3 aliphatic rings. The third kappa shape index (κ3) is 3.64. The number of nitrogens with zero attached hydrogens (tertiary/aromatic N) is 1. The Bertz CT molecular complexity index is 545. The van der Waals surface area contributed by atoms with Crippen molar-refractivity contribution in [2.24, 2.45) is 11.8 Å². The fourth-order valence-electron chi connectivity index (χ4n) is 4.11. The molecule has 0 aromatic rings. The molecule has 0 radical (unpaired) electrons. The van der Waals surface area contributed by atoms with Gasteiger partial charge in [0.05, 0.1) is 6.10 Å². The Morgan fingerprint density at radius 2 is 2.04 bits per heavy atom. The van der Waals surface area contributed by atoms with Gasteiger partial charge < -0.3 is 21.1 Å². The van der Waals surface area contributed by atoms with E-state index in [2.05, 4.69) is 22.9 Å². The van der Waals surface area contributed by atoms with Crippen LogP contribution in [0.1, 0.15) is 39.0 Å². The third-order valence-electron chi connectivity index (χ3n) is 5.95. The van der Waals surface area contributed by atoms with Crippen LogP contribution in [-0.2, 0) is 9.59 Å². The number of amides is 4. The number of rotatable bonds is 5. The van der Waals surface area contributed by atoms with Crippen molar-refractivity contribution in [1.29, 1.82) is 0 Å². The lowest BCUT2D eigenvalue weighted by molar-refractivity contribution is -0.136. The highest BCUT2D eigenvalue weighted by atomic mass is 16.3. The molecule has 8 heteroatoms. The lowest BCUT2D eigenvalue weighted by Crippen LogP contribution is -2.50. The fourth-order valence-corrected chi connectivity index (χ4v) is 4.11. The van der Waals surface area contributed by atoms with Crippen molar-refractivity contribution in [1.82, 2.24) is 20.9 Å². The topological polar surface area (TPSA) is 111 Å². The van der Waals surface area contributed by atoms with Gasteiger partial charge in [-0.3, -0.25) is 14.5 Å². The van der Waals surface area contributed by atoms with E-state index in [1.54, 1.807) is 0 Å². The summed E-state index contributed by atoms with van der Waals surface area (Å²) in [6.45, 7) is 3.38. The van der Waals surface area contributed by atoms with Crippen LogP contribution < -0.4 is 16.0 Å². The van der Waals surface area contributed by atoms with Crippen molar-refractivity contribution in [3.8, 4) is 0 Å². The summed E-state index contributed by atoms with van der Waals surface area (Å²) in [4.78, 5) is 38.1. The number of aliphatic hydroxyl groups excluding tert-OH is 1. The average Bonchev–Trinajstić information content (AvgIpc) is 3.11. The van der Waals surface area contributed by atoms with E-state index in [1.807, 2.05) is 0 Å². The number of aliphatic hydroxyl groups is 1. The highest BCUT2D eigenvalue weighted by Gasteiger charge is 2.52. The largest absolute Gasteiger partial charge is 0.391 e. The highest BCUT2D eigenvalue weighted by Crippen LogP contribution is 2.37. The Hall–Kier alpha value is -1.67. The van der Waals surface area contributed by atoms with Crippen molar-refractivity contribution in [2.45, 2.75) is 50.7 Å². The molecule has 1 saturated carbocycles. The summed E-state index contributed by atoms with van der Waals surface area (Å²) in [6, 6.07) is -0.474. The van der Waals surface area contributed by atoms with E-state index in [0.717, 1.165) is 24.2 Å². The molecule has 140 valence electrons. The van der Waals surface area contributed by atoms with Crippen LogP contribution in [0.3, 0.4) is 0 Å². The molecular weight excluding hydrogens is 324 g/mol. The van der Waals surface area contributed by atoms with Crippen LogP contribution in [-0.4, -0.2) is 65.7 Å². The summed E-state index contributed by atoms with van der Waals surface area (Å²) in [6.07, 6.45) is 3.76. The zero-order valence-corrected chi connectivity index (χ0v) is 14.7. The molecule has 4 N–H and O–H groups in total. The van der Waals surface area contributed by atoms with Gasteiger partial charge >= 0.3 is 6.03 Å². The van der Waals surface area contributed by atoms with E-state index >= 15 is 0 Å². The maximum Gasteiger partial charge on any atom is 0.325 e. The predicted molar refractivity (Wildman–Crippen MR) is 90.6 cm³/mol. The van der Waals surface area contributed by atoms with Crippen LogP contribution >= 0.6 is 0 Å². The smallest absolute Gasteiger partial charge is 0.325 e. The number of hydrogen-bond donors (Lipinski definition) is 4. The molecule has 1 aliphatic carbocycles. The van der Waals surface area contributed by atoms with Gasteiger partial charge in [-0.15, -0.1) is 0 Å². The molecule has 2 saturated heterocycles. The van der Waals surface area contributed by atoms with Gasteiger partial charge in [0.1, 0.15) is 12.1 Å². The first kappa shape index (κ1) is 18.1. The Morgan fingerprint density at radius 3 is 2.64 bits per heavy atom. The summed E-state index contributed by atoms with van der Waals surface area (Å²) in [5.41, 5.74) is -0.811.